The molecule has 4 heteroatoms. The number of aryl methyl sites for hydroxylation is 1. The van der Waals surface area contributed by atoms with Crippen molar-refractivity contribution in [1.82, 2.24) is 4.90 Å². The number of carboxylic acid groups (broad SMARTS) is 1. The van der Waals surface area contributed by atoms with Gasteiger partial charge in [-0.25, -0.2) is 0 Å². The second kappa shape index (κ2) is 5.57. The van der Waals surface area contributed by atoms with Gasteiger partial charge in [0.1, 0.15) is 5.76 Å². The number of carboxylic acids is 1. The molecular weight excluding hydrogens is 230 g/mol. The predicted molar refractivity (Wildman–Crippen MR) is 68.5 cm³/mol. The van der Waals surface area contributed by atoms with E-state index in [-0.39, 0.29) is 18.6 Å². The lowest BCUT2D eigenvalue weighted by Crippen LogP contribution is -2.41. The molecule has 0 saturated carbocycles. The van der Waals surface area contributed by atoms with Crippen LogP contribution < -0.4 is 0 Å². The molecule has 2 atom stereocenters. The summed E-state index contributed by atoms with van der Waals surface area (Å²) in [6, 6.07) is 2.46. The van der Waals surface area contributed by atoms with Gasteiger partial charge in [0.2, 0.25) is 0 Å². The van der Waals surface area contributed by atoms with Crippen LogP contribution in [0, 0.1) is 0 Å². The molecule has 1 N–H and O–H groups in total. The van der Waals surface area contributed by atoms with Crippen LogP contribution >= 0.6 is 0 Å². The van der Waals surface area contributed by atoms with E-state index in [1.165, 1.54) is 5.56 Å². The first-order valence-electron chi connectivity index (χ1n) is 6.67. The molecule has 0 aromatic carbocycles. The third-order valence-electron chi connectivity index (χ3n) is 3.90. The van der Waals surface area contributed by atoms with Crippen molar-refractivity contribution < 1.29 is 14.3 Å². The summed E-state index contributed by atoms with van der Waals surface area (Å²) >= 11 is 0. The van der Waals surface area contributed by atoms with Gasteiger partial charge in [-0.2, -0.15) is 0 Å². The average Bonchev–Trinajstić information content (AvgIpc) is 2.83. The van der Waals surface area contributed by atoms with Crippen molar-refractivity contribution in [3.05, 3.63) is 23.7 Å². The maximum absolute atomic E-state index is 11.1. The monoisotopic (exact) mass is 251 g/mol. The number of carbonyl (C=O) groups is 1. The van der Waals surface area contributed by atoms with Crippen LogP contribution in [0.4, 0.5) is 0 Å². The predicted octanol–water partition coefficient (Wildman–Crippen LogP) is 2.84. The summed E-state index contributed by atoms with van der Waals surface area (Å²) in [5, 5.41) is 9.09. The minimum absolute atomic E-state index is 0.101. The number of hydrogen-bond acceptors (Lipinski definition) is 3. The van der Waals surface area contributed by atoms with Crippen molar-refractivity contribution in [3.8, 4) is 0 Å². The van der Waals surface area contributed by atoms with Gasteiger partial charge < -0.3 is 9.52 Å². The summed E-state index contributed by atoms with van der Waals surface area (Å²) < 4.78 is 5.48. The van der Waals surface area contributed by atoms with Gasteiger partial charge in [-0.3, -0.25) is 9.69 Å². The van der Waals surface area contributed by atoms with Crippen LogP contribution in [0.1, 0.15) is 50.5 Å². The Morgan fingerprint density at radius 3 is 3.11 bits per heavy atom. The molecule has 0 aliphatic heterocycles. The fourth-order valence-corrected chi connectivity index (χ4v) is 2.77. The summed E-state index contributed by atoms with van der Waals surface area (Å²) in [4.78, 5) is 13.2. The SMILES string of the molecule is CCC(C)N(CC(=O)O)C1CCCc2occc21. The second-order valence-electron chi connectivity index (χ2n) is 5.03. The first kappa shape index (κ1) is 13.1. The maximum atomic E-state index is 11.1. The van der Waals surface area contributed by atoms with Crippen LogP contribution in [0.2, 0.25) is 0 Å². The molecule has 2 rings (SSSR count). The zero-order valence-electron chi connectivity index (χ0n) is 11.1. The van der Waals surface area contributed by atoms with Crippen molar-refractivity contribution in [2.24, 2.45) is 0 Å². The number of fused-ring (bicyclic) bond motifs is 1. The minimum atomic E-state index is -0.758. The zero-order chi connectivity index (χ0) is 13.1. The first-order valence-corrected chi connectivity index (χ1v) is 6.67. The first-order chi connectivity index (χ1) is 8.63. The molecule has 0 radical (unpaired) electrons. The molecule has 1 heterocycles. The standard InChI is InChI=1S/C14H21NO3/c1-3-10(2)15(9-14(16)17)12-5-4-6-13-11(12)7-8-18-13/h7-8,10,12H,3-6,9H2,1-2H3,(H,16,17). The molecule has 0 amide bonds. The highest BCUT2D eigenvalue weighted by atomic mass is 16.4. The largest absolute Gasteiger partial charge is 0.480 e. The Morgan fingerprint density at radius 1 is 1.67 bits per heavy atom. The summed E-state index contributed by atoms with van der Waals surface area (Å²) in [5.74, 6) is 0.274. The molecule has 1 aliphatic rings. The van der Waals surface area contributed by atoms with Gasteiger partial charge in [-0.1, -0.05) is 6.92 Å². The lowest BCUT2D eigenvalue weighted by atomic mass is 9.91. The van der Waals surface area contributed by atoms with Gasteiger partial charge in [0.15, 0.2) is 0 Å². The van der Waals surface area contributed by atoms with Gasteiger partial charge >= 0.3 is 5.97 Å². The minimum Gasteiger partial charge on any atom is -0.480 e. The van der Waals surface area contributed by atoms with Crippen LogP contribution in [0.5, 0.6) is 0 Å². The normalized spacial score (nSPS) is 20.7. The van der Waals surface area contributed by atoms with E-state index in [0.29, 0.717) is 0 Å². The lowest BCUT2D eigenvalue weighted by Gasteiger charge is -2.36. The van der Waals surface area contributed by atoms with E-state index in [0.717, 1.165) is 31.4 Å². The smallest absolute Gasteiger partial charge is 0.317 e. The summed E-state index contributed by atoms with van der Waals surface area (Å²) in [5.41, 5.74) is 1.18. The third kappa shape index (κ3) is 2.58. The van der Waals surface area contributed by atoms with E-state index in [2.05, 4.69) is 18.7 Å². The molecule has 100 valence electrons. The molecule has 1 aromatic heterocycles. The van der Waals surface area contributed by atoms with Crippen molar-refractivity contribution >= 4 is 5.97 Å². The number of aliphatic carboxylic acids is 1. The summed E-state index contributed by atoms with van der Waals surface area (Å²) in [6.07, 6.45) is 5.73. The number of rotatable bonds is 5. The highest BCUT2D eigenvalue weighted by Gasteiger charge is 2.31. The van der Waals surface area contributed by atoms with Gasteiger partial charge in [0, 0.05) is 24.1 Å². The average molecular weight is 251 g/mol. The van der Waals surface area contributed by atoms with Gasteiger partial charge in [-0.15, -0.1) is 0 Å². The lowest BCUT2D eigenvalue weighted by molar-refractivity contribution is -0.139. The topological polar surface area (TPSA) is 53.7 Å². The van der Waals surface area contributed by atoms with E-state index in [4.69, 9.17) is 9.52 Å². The number of nitrogens with zero attached hydrogens (tertiary/aromatic N) is 1. The Bertz CT molecular complexity index is 413. The fourth-order valence-electron chi connectivity index (χ4n) is 2.77. The van der Waals surface area contributed by atoms with Gasteiger partial charge in [0.05, 0.1) is 12.8 Å². The highest BCUT2D eigenvalue weighted by molar-refractivity contribution is 5.69. The fraction of sp³-hybridized carbons (Fsp3) is 0.643. The Balaban J connectivity index is 2.24. The molecule has 1 aromatic rings. The maximum Gasteiger partial charge on any atom is 0.317 e. The van der Waals surface area contributed by atoms with Crippen LogP contribution in [-0.4, -0.2) is 28.6 Å². The van der Waals surface area contributed by atoms with E-state index >= 15 is 0 Å². The quantitative estimate of drug-likeness (QED) is 0.874. The molecule has 4 nitrogen and oxygen atoms in total. The van der Waals surface area contributed by atoms with Crippen LogP contribution in [0.25, 0.3) is 0 Å². The van der Waals surface area contributed by atoms with Crippen LogP contribution in [-0.2, 0) is 11.2 Å². The van der Waals surface area contributed by atoms with Crippen molar-refractivity contribution in [3.63, 3.8) is 0 Å². The van der Waals surface area contributed by atoms with E-state index in [1.54, 1.807) is 6.26 Å². The van der Waals surface area contributed by atoms with Gasteiger partial charge in [0.25, 0.3) is 0 Å². The van der Waals surface area contributed by atoms with E-state index in [1.807, 2.05) is 6.07 Å². The van der Waals surface area contributed by atoms with Crippen LogP contribution in [0.3, 0.4) is 0 Å². The molecule has 1 aliphatic carbocycles. The van der Waals surface area contributed by atoms with Crippen LogP contribution in [0.15, 0.2) is 16.7 Å². The van der Waals surface area contributed by atoms with E-state index < -0.39 is 5.97 Å². The Morgan fingerprint density at radius 2 is 2.44 bits per heavy atom. The molecular formula is C14H21NO3. The van der Waals surface area contributed by atoms with E-state index in [9.17, 15) is 4.79 Å². The second-order valence-corrected chi connectivity index (χ2v) is 5.03. The summed E-state index contributed by atoms with van der Waals surface area (Å²) in [7, 11) is 0. The Kier molecular flexibility index (Phi) is 4.07. The van der Waals surface area contributed by atoms with Crippen molar-refractivity contribution in [2.45, 2.75) is 51.6 Å². The third-order valence-corrected chi connectivity index (χ3v) is 3.90. The van der Waals surface area contributed by atoms with Crippen molar-refractivity contribution in [2.75, 3.05) is 6.54 Å². The summed E-state index contributed by atoms with van der Waals surface area (Å²) in [6.45, 7) is 4.29. The Labute approximate surface area is 108 Å². The Hall–Kier alpha value is -1.29. The molecule has 0 spiro atoms. The number of furan rings is 1. The molecule has 18 heavy (non-hydrogen) atoms. The number of hydrogen-bond donors (Lipinski definition) is 1. The van der Waals surface area contributed by atoms with Gasteiger partial charge in [-0.05, 0) is 32.3 Å². The highest BCUT2D eigenvalue weighted by Crippen LogP contribution is 2.36. The molecule has 0 saturated heterocycles. The zero-order valence-corrected chi connectivity index (χ0v) is 11.1. The van der Waals surface area contributed by atoms with Crippen molar-refractivity contribution in [1.29, 1.82) is 0 Å². The molecule has 0 bridgehead atoms. The molecule has 2 unspecified atom stereocenters. The molecule has 0 fully saturated rings.